The van der Waals surface area contributed by atoms with Crippen LogP contribution in [0.2, 0.25) is 0 Å². The maximum absolute atomic E-state index is 6.53. The van der Waals surface area contributed by atoms with E-state index < -0.39 is 0 Å². The predicted octanol–water partition coefficient (Wildman–Crippen LogP) is 15.0. The van der Waals surface area contributed by atoms with Crippen LogP contribution in [0.5, 0.6) is 0 Å². The fraction of sp³-hybridized carbons (Fsp3) is 0. The van der Waals surface area contributed by atoms with Crippen LogP contribution in [0.4, 0.5) is 0 Å². The number of para-hydroxylation sites is 5. The van der Waals surface area contributed by atoms with Gasteiger partial charge in [0.25, 0.3) is 0 Å². The summed E-state index contributed by atoms with van der Waals surface area (Å²) >= 11 is 0. The highest BCUT2D eigenvalue weighted by Gasteiger charge is 2.25. The van der Waals surface area contributed by atoms with Crippen molar-refractivity contribution in [2.75, 3.05) is 0 Å². The lowest BCUT2D eigenvalue weighted by Crippen LogP contribution is -1.99. The fourth-order valence-corrected chi connectivity index (χ4v) is 10.4. The van der Waals surface area contributed by atoms with Crippen LogP contribution in [-0.2, 0) is 0 Å². The van der Waals surface area contributed by atoms with Gasteiger partial charge in [-0.25, -0.2) is 9.97 Å². The molecule has 0 aliphatic carbocycles. The van der Waals surface area contributed by atoms with Gasteiger partial charge in [0, 0.05) is 65.9 Å². The van der Waals surface area contributed by atoms with Crippen molar-refractivity contribution in [1.29, 1.82) is 0 Å². The van der Waals surface area contributed by atoms with Crippen LogP contribution in [-0.4, -0.2) is 23.7 Å². The first-order valence-corrected chi connectivity index (χ1v) is 21.7. The van der Waals surface area contributed by atoms with E-state index in [1.807, 2.05) is 36.4 Å². The summed E-state index contributed by atoms with van der Waals surface area (Å²) in [5.74, 6) is 0.645. The molecule has 14 rings (SSSR count). The van der Waals surface area contributed by atoms with E-state index in [1.54, 1.807) is 0 Å². The molecule has 0 atom stereocenters. The number of hydrogen-bond acceptors (Lipinski definition) is 3. The maximum Gasteiger partial charge on any atom is 0.180 e. The van der Waals surface area contributed by atoms with Crippen molar-refractivity contribution in [3.05, 3.63) is 212 Å². The molecular formula is C58H35N5O. The van der Waals surface area contributed by atoms with Gasteiger partial charge >= 0.3 is 0 Å². The number of nitrogens with zero attached hydrogens (tertiary/aromatic N) is 5. The summed E-state index contributed by atoms with van der Waals surface area (Å²) in [6, 6.07) is 75.5. The van der Waals surface area contributed by atoms with E-state index in [1.165, 1.54) is 38.1 Å². The molecule has 0 radical (unpaired) electrons. The molecule has 64 heavy (non-hydrogen) atoms. The van der Waals surface area contributed by atoms with E-state index in [0.717, 1.165) is 77.7 Å². The molecule has 0 spiro atoms. The number of benzene rings is 9. The van der Waals surface area contributed by atoms with E-state index in [2.05, 4.69) is 190 Å². The van der Waals surface area contributed by atoms with Gasteiger partial charge in [0.15, 0.2) is 11.4 Å². The first kappa shape index (κ1) is 34.9. The highest BCUT2D eigenvalue weighted by Crippen LogP contribution is 2.45. The second-order valence-corrected chi connectivity index (χ2v) is 16.5. The Morgan fingerprint density at radius 3 is 1.59 bits per heavy atom. The van der Waals surface area contributed by atoms with Crippen molar-refractivity contribution >= 4 is 87.5 Å². The Balaban J connectivity index is 1.12. The summed E-state index contributed by atoms with van der Waals surface area (Å²) in [5, 5.41) is 8.01. The molecule has 6 heteroatoms. The van der Waals surface area contributed by atoms with E-state index >= 15 is 0 Å². The number of hydrogen-bond donors (Lipinski definition) is 0. The molecular weight excluding hydrogens is 783 g/mol. The number of furan rings is 1. The zero-order valence-corrected chi connectivity index (χ0v) is 34.4. The van der Waals surface area contributed by atoms with Crippen molar-refractivity contribution in [2.24, 2.45) is 0 Å². The molecule has 0 unspecified atom stereocenters. The average molecular weight is 818 g/mol. The Hall–Kier alpha value is -8.74. The lowest BCUT2D eigenvalue weighted by Gasteiger charge is -2.13. The molecule has 0 saturated carbocycles. The van der Waals surface area contributed by atoms with Crippen molar-refractivity contribution in [1.82, 2.24) is 23.7 Å². The maximum atomic E-state index is 6.53. The third kappa shape index (κ3) is 4.90. The molecule has 0 amide bonds. The van der Waals surface area contributed by atoms with E-state index in [-0.39, 0.29) is 0 Å². The highest BCUT2D eigenvalue weighted by atomic mass is 16.3. The predicted molar refractivity (Wildman–Crippen MR) is 263 cm³/mol. The van der Waals surface area contributed by atoms with Crippen LogP contribution in [0.15, 0.2) is 217 Å². The van der Waals surface area contributed by atoms with Gasteiger partial charge in [-0.05, 0) is 72.8 Å². The third-order valence-electron chi connectivity index (χ3n) is 13.0. The topological polar surface area (TPSA) is 53.7 Å². The summed E-state index contributed by atoms with van der Waals surface area (Å²) in [6.45, 7) is 0. The Labute approximate surface area is 366 Å². The molecule has 9 aromatic carbocycles. The fourth-order valence-electron chi connectivity index (χ4n) is 10.4. The van der Waals surface area contributed by atoms with Gasteiger partial charge in [0.05, 0.1) is 33.1 Å². The molecule has 5 aromatic heterocycles. The number of aromatic nitrogens is 5. The minimum atomic E-state index is 0.645. The Bertz CT molecular complexity index is 4180. The lowest BCUT2D eigenvalue weighted by molar-refractivity contribution is 0.667. The molecule has 0 bridgehead atoms. The second kappa shape index (κ2) is 13.4. The van der Waals surface area contributed by atoms with Gasteiger partial charge in [0.1, 0.15) is 16.8 Å². The zero-order chi connectivity index (χ0) is 41.9. The van der Waals surface area contributed by atoms with E-state index in [0.29, 0.717) is 11.4 Å². The van der Waals surface area contributed by atoms with Gasteiger partial charge in [-0.3, -0.25) is 0 Å². The average Bonchev–Trinajstić information content (AvgIpc) is 4.11. The van der Waals surface area contributed by atoms with Crippen LogP contribution in [0, 0.1) is 0 Å². The summed E-state index contributed by atoms with van der Waals surface area (Å²) < 4.78 is 13.8. The standard InChI is InChI=1S/C58H35N5O/c1-4-17-36(18-5-1)53-57-54(44-25-12-15-30-51(44)64-57)60-58(59-53)45-26-16-29-50-52(45)46-35-39(31-34-49(46)61(50)37-19-6-2-7-20-37)63-48-28-14-11-24-41(48)43-33-32-42-40-23-10-13-27-47(40)62(55(42)56(43)63)38-21-8-3-9-22-38/h1-35H. The molecule has 0 saturated heterocycles. The van der Waals surface area contributed by atoms with Crippen molar-refractivity contribution in [3.8, 4) is 39.7 Å². The minimum absolute atomic E-state index is 0.645. The van der Waals surface area contributed by atoms with Crippen LogP contribution >= 0.6 is 0 Å². The minimum Gasteiger partial charge on any atom is -0.452 e. The largest absolute Gasteiger partial charge is 0.452 e. The highest BCUT2D eigenvalue weighted by molar-refractivity contribution is 6.24. The molecule has 298 valence electrons. The normalized spacial score (nSPS) is 12.1. The van der Waals surface area contributed by atoms with Crippen LogP contribution in [0.3, 0.4) is 0 Å². The third-order valence-corrected chi connectivity index (χ3v) is 13.0. The zero-order valence-electron chi connectivity index (χ0n) is 34.4. The van der Waals surface area contributed by atoms with Crippen molar-refractivity contribution in [2.45, 2.75) is 0 Å². The molecule has 5 heterocycles. The Morgan fingerprint density at radius 2 is 0.906 bits per heavy atom. The lowest BCUT2D eigenvalue weighted by atomic mass is 10.0. The molecule has 0 fully saturated rings. The molecule has 0 N–H and O–H groups in total. The Kier molecular flexibility index (Phi) is 7.30. The molecule has 14 aromatic rings. The first-order chi connectivity index (χ1) is 31.8. The molecule has 0 aliphatic rings. The summed E-state index contributed by atoms with van der Waals surface area (Å²) in [6.07, 6.45) is 0. The number of fused-ring (bicyclic) bond motifs is 13. The van der Waals surface area contributed by atoms with E-state index in [4.69, 9.17) is 14.4 Å². The molecule has 0 aliphatic heterocycles. The van der Waals surface area contributed by atoms with Gasteiger partial charge in [0.2, 0.25) is 0 Å². The van der Waals surface area contributed by atoms with Crippen molar-refractivity contribution in [3.63, 3.8) is 0 Å². The SMILES string of the molecule is c1ccc(-c2nc(-c3cccc4c3c3cc(-n5c6ccccc6c6ccc7c8ccccc8n(-c8ccccc8)c7c65)ccc3n4-c3ccccc3)nc3c2oc2ccccc23)cc1. The quantitative estimate of drug-likeness (QED) is 0.174. The summed E-state index contributed by atoms with van der Waals surface area (Å²) in [4.78, 5) is 10.8. The van der Waals surface area contributed by atoms with Crippen LogP contribution < -0.4 is 0 Å². The summed E-state index contributed by atoms with van der Waals surface area (Å²) in [5.41, 5.74) is 15.1. The van der Waals surface area contributed by atoms with Gasteiger partial charge < -0.3 is 18.1 Å². The smallest absolute Gasteiger partial charge is 0.180 e. The number of rotatable bonds is 5. The van der Waals surface area contributed by atoms with Gasteiger partial charge in [-0.2, -0.15) is 0 Å². The monoisotopic (exact) mass is 817 g/mol. The second-order valence-electron chi connectivity index (χ2n) is 16.5. The van der Waals surface area contributed by atoms with E-state index in [9.17, 15) is 0 Å². The van der Waals surface area contributed by atoms with Gasteiger partial charge in [-0.1, -0.05) is 140 Å². The first-order valence-electron chi connectivity index (χ1n) is 21.7. The Morgan fingerprint density at radius 1 is 0.359 bits per heavy atom. The summed E-state index contributed by atoms with van der Waals surface area (Å²) in [7, 11) is 0. The van der Waals surface area contributed by atoms with Crippen molar-refractivity contribution < 1.29 is 4.42 Å². The molecule has 6 nitrogen and oxygen atoms in total. The van der Waals surface area contributed by atoms with Crippen LogP contribution in [0.25, 0.3) is 127 Å². The van der Waals surface area contributed by atoms with Gasteiger partial charge in [-0.15, -0.1) is 0 Å². The van der Waals surface area contributed by atoms with Crippen LogP contribution in [0.1, 0.15) is 0 Å².